The molecular formula is C23H35N3O5. The lowest BCUT2D eigenvalue weighted by atomic mass is 9.93. The number of carboxylic acid groups (broad SMARTS) is 2. The largest absolute Gasteiger partial charge is 0.480 e. The van der Waals surface area contributed by atoms with Crippen molar-refractivity contribution in [3.05, 3.63) is 35.9 Å². The van der Waals surface area contributed by atoms with Crippen molar-refractivity contribution < 1.29 is 24.6 Å². The summed E-state index contributed by atoms with van der Waals surface area (Å²) in [5.74, 6) is -2.38. The molecule has 31 heavy (non-hydrogen) atoms. The van der Waals surface area contributed by atoms with E-state index in [4.69, 9.17) is 5.73 Å². The summed E-state index contributed by atoms with van der Waals surface area (Å²) >= 11 is 0. The van der Waals surface area contributed by atoms with E-state index in [0.717, 1.165) is 37.7 Å². The molecule has 1 fully saturated rings. The number of carbonyl (C=O) groups is 3. The van der Waals surface area contributed by atoms with E-state index < -0.39 is 24.0 Å². The van der Waals surface area contributed by atoms with Gasteiger partial charge in [-0.15, -0.1) is 0 Å². The molecule has 8 heteroatoms. The summed E-state index contributed by atoms with van der Waals surface area (Å²) in [5.41, 5.74) is 6.54. The number of nitrogens with one attached hydrogen (secondary N) is 1. The quantitative estimate of drug-likeness (QED) is 0.350. The molecular weight excluding hydrogens is 398 g/mol. The average Bonchev–Trinajstić information content (AvgIpc) is 2.89. The Kier molecular flexibility index (Phi) is 10.5. The lowest BCUT2D eigenvalue weighted by molar-refractivity contribution is -0.146. The predicted molar refractivity (Wildman–Crippen MR) is 118 cm³/mol. The van der Waals surface area contributed by atoms with Gasteiger partial charge in [0.2, 0.25) is 5.91 Å². The highest BCUT2D eigenvalue weighted by molar-refractivity contribution is 5.86. The molecule has 2 rings (SSSR count). The standard InChI is InChI=1S/C23H35N3O5/c24-14-8-3-1-2-7-11-20(23(30)31)25-19-13-12-18(17-9-5-4-6-10-17)15-26(22(19)29)16-21(27)28/h4-6,9-10,18-20,25H,1-3,7-8,11-16,24H2,(H,27,28)(H,30,31)/t18?,19?,20-/m0/s1. The zero-order valence-electron chi connectivity index (χ0n) is 18.0. The summed E-state index contributed by atoms with van der Waals surface area (Å²) in [4.78, 5) is 37.5. The van der Waals surface area contributed by atoms with E-state index in [1.807, 2.05) is 30.3 Å². The third kappa shape index (κ3) is 8.30. The van der Waals surface area contributed by atoms with Gasteiger partial charge in [0.05, 0.1) is 6.04 Å². The van der Waals surface area contributed by atoms with Crippen LogP contribution in [0.15, 0.2) is 30.3 Å². The van der Waals surface area contributed by atoms with Crippen molar-refractivity contribution in [2.24, 2.45) is 5.73 Å². The molecule has 172 valence electrons. The van der Waals surface area contributed by atoms with Crippen molar-refractivity contribution in [1.29, 1.82) is 0 Å². The number of nitrogens with zero attached hydrogens (tertiary/aromatic N) is 1. The molecule has 0 aliphatic carbocycles. The summed E-state index contributed by atoms with van der Waals surface area (Å²) in [6.45, 7) is 0.589. The number of likely N-dealkylation sites (tertiary alicyclic amines) is 1. The van der Waals surface area contributed by atoms with E-state index in [2.05, 4.69) is 5.32 Å². The molecule has 0 saturated carbocycles. The number of benzene rings is 1. The maximum atomic E-state index is 13.1. The van der Waals surface area contributed by atoms with Crippen LogP contribution in [0.2, 0.25) is 0 Å². The summed E-state index contributed by atoms with van der Waals surface area (Å²) < 4.78 is 0. The Morgan fingerprint density at radius 2 is 1.74 bits per heavy atom. The van der Waals surface area contributed by atoms with Gasteiger partial charge in [-0.1, -0.05) is 56.0 Å². The summed E-state index contributed by atoms with van der Waals surface area (Å²) in [6, 6.07) is 8.19. The number of hydrogen-bond donors (Lipinski definition) is 4. The molecule has 0 aromatic heterocycles. The van der Waals surface area contributed by atoms with Crippen molar-refractivity contribution in [1.82, 2.24) is 10.2 Å². The minimum atomic E-state index is -1.08. The highest BCUT2D eigenvalue weighted by atomic mass is 16.4. The lowest BCUT2D eigenvalue weighted by Gasteiger charge is -2.26. The van der Waals surface area contributed by atoms with Crippen LogP contribution in [0.3, 0.4) is 0 Å². The third-order valence-electron chi connectivity index (χ3n) is 5.85. The molecule has 1 heterocycles. The monoisotopic (exact) mass is 433 g/mol. The van der Waals surface area contributed by atoms with Crippen molar-refractivity contribution in [3.8, 4) is 0 Å². The third-order valence-corrected chi connectivity index (χ3v) is 5.85. The number of amides is 1. The first-order valence-electron chi connectivity index (χ1n) is 11.2. The minimum absolute atomic E-state index is 0.0159. The number of rotatable bonds is 13. The highest BCUT2D eigenvalue weighted by Crippen LogP contribution is 2.27. The van der Waals surface area contributed by atoms with Gasteiger partial charge in [-0.3, -0.25) is 19.7 Å². The van der Waals surface area contributed by atoms with Crippen LogP contribution in [-0.4, -0.2) is 64.7 Å². The molecule has 0 spiro atoms. The zero-order chi connectivity index (χ0) is 22.6. The second kappa shape index (κ2) is 13.1. The van der Waals surface area contributed by atoms with E-state index in [0.29, 0.717) is 32.4 Å². The molecule has 0 radical (unpaired) electrons. The van der Waals surface area contributed by atoms with Crippen molar-refractivity contribution >= 4 is 17.8 Å². The minimum Gasteiger partial charge on any atom is -0.480 e. The van der Waals surface area contributed by atoms with E-state index in [1.54, 1.807) is 0 Å². The van der Waals surface area contributed by atoms with Gasteiger partial charge in [-0.25, -0.2) is 0 Å². The molecule has 1 aromatic carbocycles. The maximum absolute atomic E-state index is 13.1. The number of aliphatic carboxylic acids is 2. The van der Waals surface area contributed by atoms with E-state index in [1.165, 1.54) is 4.90 Å². The second-order valence-electron chi connectivity index (χ2n) is 8.25. The molecule has 0 bridgehead atoms. The first kappa shape index (κ1) is 24.8. The fourth-order valence-corrected chi connectivity index (χ4v) is 4.16. The van der Waals surface area contributed by atoms with Gasteiger partial charge in [-0.05, 0) is 37.8 Å². The Bertz CT molecular complexity index is 712. The van der Waals surface area contributed by atoms with Gasteiger partial charge in [0.25, 0.3) is 0 Å². The van der Waals surface area contributed by atoms with E-state index >= 15 is 0 Å². The molecule has 1 saturated heterocycles. The van der Waals surface area contributed by atoms with Crippen molar-refractivity contribution in [3.63, 3.8) is 0 Å². The first-order valence-corrected chi connectivity index (χ1v) is 11.2. The predicted octanol–water partition coefficient (Wildman–Crippen LogP) is 2.19. The number of hydrogen-bond acceptors (Lipinski definition) is 5. The summed E-state index contributed by atoms with van der Waals surface area (Å²) in [6.07, 6.45) is 6.27. The van der Waals surface area contributed by atoms with Crippen molar-refractivity contribution in [2.75, 3.05) is 19.6 Å². The van der Waals surface area contributed by atoms with Crippen LogP contribution in [0.1, 0.15) is 62.8 Å². The fraction of sp³-hybridized carbons (Fsp3) is 0.609. The fourth-order valence-electron chi connectivity index (χ4n) is 4.16. The number of nitrogens with two attached hydrogens (primary N) is 1. The molecule has 1 aromatic rings. The van der Waals surface area contributed by atoms with Gasteiger partial charge in [0, 0.05) is 12.5 Å². The van der Waals surface area contributed by atoms with Crippen LogP contribution in [0.4, 0.5) is 0 Å². The number of unbranched alkanes of at least 4 members (excludes halogenated alkanes) is 4. The van der Waals surface area contributed by atoms with Crippen LogP contribution in [0.5, 0.6) is 0 Å². The Hall–Kier alpha value is -2.45. The normalized spacial score (nSPS) is 20.3. The molecule has 1 amide bonds. The number of carboxylic acids is 2. The number of carbonyl (C=O) groups excluding carboxylic acids is 1. The maximum Gasteiger partial charge on any atom is 0.323 e. The van der Waals surface area contributed by atoms with Crippen LogP contribution < -0.4 is 11.1 Å². The van der Waals surface area contributed by atoms with Crippen LogP contribution in [0, 0.1) is 0 Å². The Balaban J connectivity index is 2.03. The highest BCUT2D eigenvalue weighted by Gasteiger charge is 2.34. The lowest BCUT2D eigenvalue weighted by Crippen LogP contribution is -2.52. The summed E-state index contributed by atoms with van der Waals surface area (Å²) in [7, 11) is 0. The molecule has 8 nitrogen and oxygen atoms in total. The second-order valence-corrected chi connectivity index (χ2v) is 8.25. The van der Waals surface area contributed by atoms with Gasteiger partial charge >= 0.3 is 11.9 Å². The molecule has 1 aliphatic heterocycles. The summed E-state index contributed by atoms with van der Waals surface area (Å²) in [5, 5.41) is 21.9. The van der Waals surface area contributed by atoms with Gasteiger partial charge in [-0.2, -0.15) is 0 Å². The van der Waals surface area contributed by atoms with Crippen LogP contribution >= 0.6 is 0 Å². The van der Waals surface area contributed by atoms with Crippen LogP contribution in [-0.2, 0) is 14.4 Å². The zero-order valence-corrected chi connectivity index (χ0v) is 18.0. The Labute approximate surface area is 183 Å². The SMILES string of the molecule is NCCCCCCC[C@H](NC1CCC(c2ccccc2)CN(CC(=O)O)C1=O)C(=O)O. The van der Waals surface area contributed by atoms with Gasteiger partial charge in [0.1, 0.15) is 12.6 Å². The van der Waals surface area contributed by atoms with Crippen LogP contribution in [0.25, 0.3) is 0 Å². The Morgan fingerprint density at radius 1 is 1.06 bits per heavy atom. The molecule has 5 N–H and O–H groups in total. The topological polar surface area (TPSA) is 133 Å². The first-order chi connectivity index (χ1) is 14.9. The van der Waals surface area contributed by atoms with Gasteiger partial charge < -0.3 is 20.8 Å². The molecule has 1 aliphatic rings. The van der Waals surface area contributed by atoms with Gasteiger partial charge in [0.15, 0.2) is 0 Å². The average molecular weight is 434 g/mol. The van der Waals surface area contributed by atoms with E-state index in [-0.39, 0.29) is 18.4 Å². The molecule has 3 atom stereocenters. The molecule has 2 unspecified atom stereocenters. The Morgan fingerprint density at radius 3 is 2.39 bits per heavy atom. The van der Waals surface area contributed by atoms with Crippen molar-refractivity contribution in [2.45, 2.75) is 69.4 Å². The van der Waals surface area contributed by atoms with E-state index in [9.17, 15) is 24.6 Å². The smallest absolute Gasteiger partial charge is 0.323 e.